The average Bonchev–Trinajstić information content (AvgIpc) is 3.05. The fourth-order valence-corrected chi connectivity index (χ4v) is 3.30. The summed E-state index contributed by atoms with van der Waals surface area (Å²) in [5.74, 6) is -0.336. The molecule has 0 saturated heterocycles. The van der Waals surface area contributed by atoms with E-state index in [2.05, 4.69) is 21.7 Å². The largest absolute Gasteiger partial charge is 0.465 e. The van der Waals surface area contributed by atoms with Crippen LogP contribution in [0.4, 0.5) is 0 Å². The minimum atomic E-state index is -0.336. The highest BCUT2D eigenvalue weighted by molar-refractivity contribution is 6.03. The Labute approximate surface area is 139 Å². The number of aryl methyl sites for hydroxylation is 1. The van der Waals surface area contributed by atoms with E-state index in [4.69, 9.17) is 4.74 Å². The molecule has 2 heterocycles. The summed E-state index contributed by atoms with van der Waals surface area (Å²) in [4.78, 5) is 15.7. The summed E-state index contributed by atoms with van der Waals surface area (Å²) in [6.07, 6.45) is 1.95. The highest BCUT2D eigenvalue weighted by Crippen LogP contribution is 2.30. The quantitative estimate of drug-likeness (QED) is 0.453. The van der Waals surface area contributed by atoms with Gasteiger partial charge in [-0.2, -0.15) is 4.57 Å². The smallest absolute Gasteiger partial charge is 0.344 e. The minimum Gasteiger partial charge on any atom is -0.465 e. The van der Waals surface area contributed by atoms with Crippen molar-refractivity contribution >= 4 is 27.8 Å². The number of hydrogen-bond donors (Lipinski definition) is 1. The zero-order valence-corrected chi connectivity index (χ0v) is 13.5. The molecule has 0 aliphatic carbocycles. The lowest BCUT2D eigenvalue weighted by molar-refractivity contribution is -0.633. The zero-order valence-electron chi connectivity index (χ0n) is 13.5. The van der Waals surface area contributed by atoms with Crippen LogP contribution in [0, 0.1) is 0 Å². The van der Waals surface area contributed by atoms with Gasteiger partial charge in [-0.1, -0.05) is 30.3 Å². The lowest BCUT2D eigenvalue weighted by Gasteiger charge is -2.08. The van der Waals surface area contributed by atoms with Crippen molar-refractivity contribution in [3.05, 3.63) is 66.4 Å². The van der Waals surface area contributed by atoms with E-state index in [0.717, 1.165) is 33.1 Å². The van der Waals surface area contributed by atoms with Crippen molar-refractivity contribution in [1.82, 2.24) is 4.98 Å². The maximum Gasteiger partial charge on any atom is 0.344 e. The number of fused-ring (bicyclic) bond motifs is 2. The number of pyridine rings is 1. The molecule has 2 aromatic heterocycles. The Morgan fingerprint density at radius 3 is 2.67 bits per heavy atom. The molecule has 1 N–H and O–H groups in total. The van der Waals surface area contributed by atoms with Crippen molar-refractivity contribution in [3.8, 4) is 11.3 Å². The van der Waals surface area contributed by atoms with Crippen LogP contribution in [0.1, 0.15) is 10.4 Å². The van der Waals surface area contributed by atoms with Crippen molar-refractivity contribution in [2.24, 2.45) is 7.05 Å². The average molecular weight is 317 g/mol. The number of esters is 1. The molecule has 0 amide bonds. The van der Waals surface area contributed by atoms with Gasteiger partial charge in [0.1, 0.15) is 12.6 Å². The summed E-state index contributed by atoms with van der Waals surface area (Å²) < 4.78 is 7.08. The molecule has 0 fully saturated rings. The Morgan fingerprint density at radius 1 is 1.08 bits per heavy atom. The predicted octanol–water partition coefficient (Wildman–Crippen LogP) is 3.60. The Morgan fingerprint density at radius 2 is 1.83 bits per heavy atom. The number of carbonyl (C=O) groups excluding carboxylic acids is 1. The van der Waals surface area contributed by atoms with E-state index in [1.54, 1.807) is 0 Å². The van der Waals surface area contributed by atoms with Crippen LogP contribution in [-0.2, 0) is 11.8 Å². The zero-order chi connectivity index (χ0) is 16.7. The molecule has 0 aliphatic rings. The van der Waals surface area contributed by atoms with Gasteiger partial charge in [-0.05, 0) is 18.2 Å². The maximum absolute atomic E-state index is 12.4. The second-order valence-corrected chi connectivity index (χ2v) is 5.76. The van der Waals surface area contributed by atoms with E-state index in [-0.39, 0.29) is 5.97 Å². The number of aromatic amines is 1. The Hall–Kier alpha value is -3.14. The Kier molecular flexibility index (Phi) is 3.31. The standard InChI is InChI=1S/C20H16N2O2/c1-22-18-10-6-3-7-13(18)11-15(20(23)24-2)19(22)16-12-21-17-9-5-4-8-14(16)17/h3-12H,1-2H3/p+1. The van der Waals surface area contributed by atoms with Gasteiger partial charge < -0.3 is 9.72 Å². The molecule has 0 bridgehead atoms. The van der Waals surface area contributed by atoms with Gasteiger partial charge in [0.2, 0.25) is 11.2 Å². The normalized spacial score (nSPS) is 11.1. The number of rotatable bonds is 2. The lowest BCUT2D eigenvalue weighted by atomic mass is 10.0. The molecule has 0 saturated carbocycles. The van der Waals surface area contributed by atoms with Crippen molar-refractivity contribution in [2.75, 3.05) is 7.11 Å². The first-order chi connectivity index (χ1) is 11.7. The lowest BCUT2D eigenvalue weighted by Crippen LogP contribution is -2.34. The van der Waals surface area contributed by atoms with E-state index in [1.807, 2.05) is 55.7 Å². The number of hydrogen-bond acceptors (Lipinski definition) is 2. The Bertz CT molecular complexity index is 1080. The summed E-state index contributed by atoms with van der Waals surface area (Å²) in [7, 11) is 3.39. The van der Waals surface area contributed by atoms with Gasteiger partial charge in [0.05, 0.1) is 12.7 Å². The molecule has 24 heavy (non-hydrogen) atoms. The third-order valence-electron chi connectivity index (χ3n) is 4.44. The van der Waals surface area contributed by atoms with E-state index in [9.17, 15) is 4.79 Å². The number of nitrogens with one attached hydrogen (secondary N) is 1. The fraction of sp³-hybridized carbons (Fsp3) is 0.100. The van der Waals surface area contributed by atoms with Crippen LogP contribution in [0.15, 0.2) is 60.8 Å². The molecule has 0 spiro atoms. The number of benzene rings is 2. The molecule has 0 atom stereocenters. The maximum atomic E-state index is 12.4. The number of nitrogens with zero attached hydrogens (tertiary/aromatic N) is 1. The molecule has 2 aromatic carbocycles. The highest BCUT2D eigenvalue weighted by atomic mass is 16.5. The van der Waals surface area contributed by atoms with Crippen LogP contribution in [0.25, 0.3) is 33.1 Å². The predicted molar refractivity (Wildman–Crippen MR) is 93.8 cm³/mol. The molecule has 4 rings (SSSR count). The third kappa shape index (κ3) is 2.07. The SMILES string of the molecule is COC(=O)c1cc2ccccc2[n+](C)c1-c1c[nH]c2ccccc12. The topological polar surface area (TPSA) is 46.0 Å². The van der Waals surface area contributed by atoms with E-state index >= 15 is 0 Å². The van der Waals surface area contributed by atoms with Crippen LogP contribution in [0.5, 0.6) is 0 Å². The summed E-state index contributed by atoms with van der Waals surface area (Å²) in [6.45, 7) is 0. The van der Waals surface area contributed by atoms with Gasteiger partial charge >= 0.3 is 5.97 Å². The van der Waals surface area contributed by atoms with Gasteiger partial charge in [0, 0.05) is 28.6 Å². The molecule has 4 nitrogen and oxygen atoms in total. The molecule has 4 heteroatoms. The van der Waals surface area contributed by atoms with Crippen molar-refractivity contribution < 1.29 is 14.1 Å². The number of aromatic nitrogens is 2. The van der Waals surface area contributed by atoms with Crippen molar-refractivity contribution in [1.29, 1.82) is 0 Å². The van der Waals surface area contributed by atoms with Gasteiger partial charge in [-0.15, -0.1) is 0 Å². The second kappa shape index (κ2) is 5.49. The summed E-state index contributed by atoms with van der Waals surface area (Å²) >= 11 is 0. The number of methoxy groups -OCH3 is 1. The van der Waals surface area contributed by atoms with Crippen molar-refractivity contribution in [3.63, 3.8) is 0 Å². The van der Waals surface area contributed by atoms with Gasteiger partial charge in [-0.3, -0.25) is 0 Å². The van der Waals surface area contributed by atoms with Gasteiger partial charge in [0.25, 0.3) is 0 Å². The van der Waals surface area contributed by atoms with Crippen LogP contribution in [0.3, 0.4) is 0 Å². The minimum absolute atomic E-state index is 0.336. The van der Waals surface area contributed by atoms with E-state index in [1.165, 1.54) is 7.11 Å². The number of para-hydroxylation sites is 2. The monoisotopic (exact) mass is 317 g/mol. The third-order valence-corrected chi connectivity index (χ3v) is 4.44. The molecular formula is C20H17N2O2+. The van der Waals surface area contributed by atoms with Crippen LogP contribution in [-0.4, -0.2) is 18.1 Å². The number of ether oxygens (including phenoxy) is 1. The van der Waals surface area contributed by atoms with Crippen LogP contribution < -0.4 is 4.57 Å². The molecular weight excluding hydrogens is 300 g/mol. The number of H-pyrrole nitrogens is 1. The van der Waals surface area contributed by atoms with E-state index < -0.39 is 0 Å². The van der Waals surface area contributed by atoms with E-state index in [0.29, 0.717) is 5.56 Å². The number of carbonyl (C=O) groups is 1. The van der Waals surface area contributed by atoms with Crippen LogP contribution >= 0.6 is 0 Å². The van der Waals surface area contributed by atoms with Gasteiger partial charge in [0.15, 0.2) is 0 Å². The second-order valence-electron chi connectivity index (χ2n) is 5.76. The highest BCUT2D eigenvalue weighted by Gasteiger charge is 2.27. The van der Waals surface area contributed by atoms with Crippen molar-refractivity contribution in [2.45, 2.75) is 0 Å². The molecule has 0 unspecified atom stereocenters. The summed E-state index contributed by atoms with van der Waals surface area (Å²) in [5, 5.41) is 2.08. The summed E-state index contributed by atoms with van der Waals surface area (Å²) in [6, 6.07) is 18.0. The first-order valence-corrected chi connectivity index (χ1v) is 7.77. The molecule has 0 aliphatic heterocycles. The van der Waals surface area contributed by atoms with Crippen LogP contribution in [0.2, 0.25) is 0 Å². The molecule has 4 aromatic rings. The first-order valence-electron chi connectivity index (χ1n) is 7.77. The molecule has 0 radical (unpaired) electrons. The molecule has 118 valence electrons. The first kappa shape index (κ1) is 14.5. The summed E-state index contributed by atoms with van der Waals surface area (Å²) in [5.41, 5.74) is 4.49. The fourth-order valence-electron chi connectivity index (χ4n) is 3.30. The Balaban J connectivity index is 2.13. The van der Waals surface area contributed by atoms with Gasteiger partial charge in [-0.25, -0.2) is 4.79 Å².